The molecule has 0 spiro atoms. The van der Waals surface area contributed by atoms with Crippen LogP contribution in [-0.2, 0) is 14.9 Å². The largest absolute Gasteiger partial charge is 0.383 e. The highest BCUT2D eigenvalue weighted by Crippen LogP contribution is 2.40. The quantitative estimate of drug-likeness (QED) is 0.700. The molecule has 32 heavy (non-hydrogen) atoms. The Bertz CT molecular complexity index is 992. The number of ether oxygens (including phenoxy) is 1. The van der Waals surface area contributed by atoms with Crippen molar-refractivity contribution in [2.24, 2.45) is 0 Å². The summed E-state index contributed by atoms with van der Waals surface area (Å²) >= 11 is 0. The van der Waals surface area contributed by atoms with Crippen LogP contribution in [0.5, 0.6) is 0 Å². The molecule has 7 nitrogen and oxygen atoms in total. The summed E-state index contributed by atoms with van der Waals surface area (Å²) in [4.78, 5) is 34.9. The minimum Gasteiger partial charge on any atom is -0.383 e. The van der Waals surface area contributed by atoms with Gasteiger partial charge in [0.1, 0.15) is 5.69 Å². The van der Waals surface area contributed by atoms with Gasteiger partial charge in [0, 0.05) is 61.6 Å². The van der Waals surface area contributed by atoms with Crippen LogP contribution < -0.4 is 10.2 Å². The van der Waals surface area contributed by atoms with Gasteiger partial charge in [-0.3, -0.25) is 19.5 Å². The molecule has 170 valence electrons. The minimum atomic E-state index is -0.227. The summed E-state index contributed by atoms with van der Waals surface area (Å²) in [5.74, 6) is -0.0991. The van der Waals surface area contributed by atoms with E-state index in [4.69, 9.17) is 4.74 Å². The first-order chi connectivity index (χ1) is 15.3. The number of nitrogens with zero attached hydrogens (tertiary/aromatic N) is 3. The molecule has 3 heterocycles. The summed E-state index contributed by atoms with van der Waals surface area (Å²) in [5, 5.41) is 3.46. The summed E-state index contributed by atoms with van der Waals surface area (Å²) in [7, 11) is 1.69. The summed E-state index contributed by atoms with van der Waals surface area (Å²) in [6, 6.07) is 11.4. The van der Waals surface area contributed by atoms with Gasteiger partial charge in [-0.2, -0.15) is 0 Å². The number of hydrogen-bond acceptors (Lipinski definition) is 6. The Labute approximate surface area is 189 Å². The zero-order valence-corrected chi connectivity index (χ0v) is 19.3. The first kappa shape index (κ1) is 22.6. The molecular formula is C25H32N4O3. The summed E-state index contributed by atoms with van der Waals surface area (Å²) in [6.07, 6.45) is 1.76. The lowest BCUT2D eigenvalue weighted by Crippen LogP contribution is -2.59. The summed E-state index contributed by atoms with van der Waals surface area (Å²) < 4.78 is 5.37. The van der Waals surface area contributed by atoms with Gasteiger partial charge in [-0.05, 0) is 13.0 Å². The Morgan fingerprint density at radius 2 is 2.00 bits per heavy atom. The van der Waals surface area contributed by atoms with Crippen LogP contribution in [-0.4, -0.2) is 73.6 Å². The van der Waals surface area contributed by atoms with Crippen LogP contribution in [0.3, 0.4) is 0 Å². The Kier molecular flexibility index (Phi) is 6.42. The van der Waals surface area contributed by atoms with Crippen molar-refractivity contribution < 1.29 is 14.3 Å². The van der Waals surface area contributed by atoms with Crippen LogP contribution in [0, 0.1) is 0 Å². The van der Waals surface area contributed by atoms with E-state index in [-0.39, 0.29) is 23.1 Å². The first-order valence-corrected chi connectivity index (χ1v) is 11.2. The fourth-order valence-electron chi connectivity index (χ4n) is 4.68. The number of fused-ring (bicyclic) bond motifs is 1. The van der Waals surface area contributed by atoms with Crippen molar-refractivity contribution in [2.45, 2.75) is 38.3 Å². The van der Waals surface area contributed by atoms with E-state index in [0.717, 1.165) is 24.3 Å². The molecular weight excluding hydrogens is 404 g/mol. The van der Waals surface area contributed by atoms with Crippen LogP contribution in [0.25, 0.3) is 0 Å². The van der Waals surface area contributed by atoms with Crippen molar-refractivity contribution >= 4 is 17.4 Å². The van der Waals surface area contributed by atoms with Gasteiger partial charge in [0.05, 0.1) is 18.8 Å². The van der Waals surface area contributed by atoms with Gasteiger partial charge in [-0.1, -0.05) is 44.2 Å². The Balaban J connectivity index is 1.60. The zero-order chi connectivity index (χ0) is 22.9. The Hall–Kier alpha value is -2.61. The molecule has 0 bridgehead atoms. The van der Waals surface area contributed by atoms with Crippen molar-refractivity contribution in [1.82, 2.24) is 15.2 Å². The van der Waals surface area contributed by atoms with Crippen LogP contribution >= 0.6 is 0 Å². The third-order valence-corrected chi connectivity index (χ3v) is 6.45. The third-order valence-electron chi connectivity index (χ3n) is 6.45. The molecule has 1 amide bonds. The molecule has 0 unspecified atom stereocenters. The molecule has 0 saturated carbocycles. The number of rotatable bonds is 6. The van der Waals surface area contributed by atoms with Gasteiger partial charge in [-0.25, -0.2) is 0 Å². The van der Waals surface area contributed by atoms with E-state index in [1.54, 1.807) is 31.5 Å². The maximum Gasteiger partial charge on any atom is 0.241 e. The van der Waals surface area contributed by atoms with E-state index in [0.29, 0.717) is 37.0 Å². The van der Waals surface area contributed by atoms with Crippen LogP contribution in [0.2, 0.25) is 0 Å². The predicted octanol–water partition coefficient (Wildman–Crippen LogP) is 2.25. The normalized spacial score (nSPS) is 22.6. The molecule has 7 heteroatoms. The number of carbonyl (C=O) groups is 2. The van der Waals surface area contributed by atoms with Crippen molar-refractivity contribution in [2.75, 3.05) is 44.8 Å². The van der Waals surface area contributed by atoms with Gasteiger partial charge in [0.15, 0.2) is 0 Å². The number of methoxy groups -OCH3 is 1. The number of pyridine rings is 1. The van der Waals surface area contributed by atoms with Crippen molar-refractivity contribution in [1.29, 1.82) is 0 Å². The molecule has 1 N–H and O–H groups in total. The van der Waals surface area contributed by atoms with Gasteiger partial charge >= 0.3 is 0 Å². The molecule has 4 rings (SSSR count). The van der Waals surface area contributed by atoms with E-state index in [2.05, 4.69) is 36.0 Å². The third kappa shape index (κ3) is 4.46. The van der Waals surface area contributed by atoms with Crippen molar-refractivity contribution in [3.05, 3.63) is 59.4 Å². The Morgan fingerprint density at radius 1 is 1.25 bits per heavy atom. The fourth-order valence-corrected chi connectivity index (χ4v) is 4.68. The number of piperazine rings is 1. The number of nitrogens with one attached hydrogen (secondary N) is 1. The smallest absolute Gasteiger partial charge is 0.241 e. The highest BCUT2D eigenvalue weighted by atomic mass is 16.5. The number of ketones is 1. The molecule has 1 aromatic carbocycles. The van der Waals surface area contributed by atoms with Gasteiger partial charge in [0.25, 0.3) is 0 Å². The molecule has 2 aliphatic rings. The number of benzene rings is 1. The Morgan fingerprint density at radius 3 is 2.72 bits per heavy atom. The summed E-state index contributed by atoms with van der Waals surface area (Å²) in [6.45, 7) is 9.40. The predicted molar refractivity (Wildman–Crippen MR) is 124 cm³/mol. The number of aromatic nitrogens is 1. The minimum absolute atomic E-state index is 0.0383. The molecule has 2 atom stereocenters. The zero-order valence-electron chi connectivity index (χ0n) is 19.3. The van der Waals surface area contributed by atoms with E-state index in [9.17, 15) is 9.59 Å². The van der Waals surface area contributed by atoms with Gasteiger partial charge < -0.3 is 15.0 Å². The maximum absolute atomic E-state index is 13.5. The van der Waals surface area contributed by atoms with Crippen LogP contribution in [0.1, 0.15) is 42.4 Å². The fraction of sp³-hybridized carbons (Fsp3) is 0.480. The average Bonchev–Trinajstić information content (AvgIpc) is 3.06. The number of amides is 1. The van der Waals surface area contributed by atoms with E-state index < -0.39 is 0 Å². The van der Waals surface area contributed by atoms with E-state index in [1.807, 2.05) is 23.1 Å². The lowest BCUT2D eigenvalue weighted by atomic mass is 9.88. The highest BCUT2D eigenvalue weighted by molar-refractivity contribution is 6.09. The second-order valence-corrected chi connectivity index (χ2v) is 9.49. The van der Waals surface area contributed by atoms with Crippen molar-refractivity contribution in [3.63, 3.8) is 0 Å². The lowest BCUT2D eigenvalue weighted by molar-refractivity contribution is -0.121. The van der Waals surface area contributed by atoms with Crippen LogP contribution in [0.4, 0.5) is 5.69 Å². The molecule has 1 saturated heterocycles. The molecule has 0 radical (unpaired) electrons. The number of anilines is 1. The standard InChI is InChI=1S/C25H32N4O3/c1-17-13-28(19(11-26-17)15-32-4)14-23(30)29-16-25(2,3)20-12-27-21(10-22(20)29)24(31)18-8-6-5-7-9-18/h5-10,12,17,19,26H,11,13-16H2,1-4H3/t17-,19-/m1/s1. The van der Waals surface area contributed by atoms with Gasteiger partial charge in [0.2, 0.25) is 11.7 Å². The molecule has 0 aliphatic carbocycles. The molecule has 2 aliphatic heterocycles. The molecule has 1 aromatic heterocycles. The van der Waals surface area contributed by atoms with Crippen LogP contribution in [0.15, 0.2) is 42.6 Å². The monoisotopic (exact) mass is 436 g/mol. The highest BCUT2D eigenvalue weighted by Gasteiger charge is 2.40. The lowest BCUT2D eigenvalue weighted by Gasteiger charge is -2.39. The van der Waals surface area contributed by atoms with E-state index in [1.165, 1.54) is 0 Å². The van der Waals surface area contributed by atoms with Gasteiger partial charge in [-0.15, -0.1) is 0 Å². The second-order valence-electron chi connectivity index (χ2n) is 9.49. The summed E-state index contributed by atoms with van der Waals surface area (Å²) in [5.41, 5.74) is 2.51. The average molecular weight is 437 g/mol. The van der Waals surface area contributed by atoms with Crippen molar-refractivity contribution in [3.8, 4) is 0 Å². The first-order valence-electron chi connectivity index (χ1n) is 11.2. The topological polar surface area (TPSA) is 74.8 Å². The number of hydrogen-bond donors (Lipinski definition) is 1. The molecule has 1 fully saturated rings. The number of carbonyl (C=O) groups excluding carboxylic acids is 2. The van der Waals surface area contributed by atoms with E-state index >= 15 is 0 Å². The maximum atomic E-state index is 13.5. The SMILES string of the molecule is COC[C@H]1CN[C@H](C)CN1CC(=O)N1CC(C)(C)c2cnc(C(=O)c3ccccc3)cc21. The molecule has 2 aromatic rings. The second kappa shape index (κ2) is 9.10.